The Labute approximate surface area is 319 Å². The molecule has 3 fully saturated rings. The number of non-ortho nitro benzene ring substituents is 1. The third kappa shape index (κ3) is 8.82. The van der Waals surface area contributed by atoms with Crippen LogP contribution in [0.5, 0.6) is 0 Å². The van der Waals surface area contributed by atoms with Crippen LogP contribution in [0.1, 0.15) is 115 Å². The van der Waals surface area contributed by atoms with Gasteiger partial charge in [-0.05, 0) is 92.6 Å². The number of hydrogen-bond donors (Lipinski definition) is 5. The number of Topliss-reactive ketones (excluding diaryl/α,β-unsaturated/α-hetero) is 1. The van der Waals surface area contributed by atoms with Crippen molar-refractivity contribution >= 4 is 41.0 Å². The summed E-state index contributed by atoms with van der Waals surface area (Å²) in [7, 11) is 0. The Kier molecular flexibility index (Phi) is 13.0. The van der Waals surface area contributed by atoms with E-state index in [2.05, 4.69) is 17.6 Å². The van der Waals surface area contributed by atoms with E-state index in [-0.39, 0.29) is 54.2 Å². The van der Waals surface area contributed by atoms with E-state index in [9.17, 15) is 54.2 Å². The van der Waals surface area contributed by atoms with Crippen molar-refractivity contribution in [3.05, 3.63) is 51.6 Å². The van der Waals surface area contributed by atoms with Gasteiger partial charge in [-0.1, -0.05) is 38.0 Å². The molecule has 3 saturated carbocycles. The number of carboxylic acid groups (broad SMARTS) is 1. The second-order valence-corrected chi connectivity index (χ2v) is 16.2. The standard InChI is InChI=1S/C40H53N3O12/c1-38-17-14-27(44)22-25(38)10-11-28-29(38)15-18-39(2)30(28)16-19-40(39,52)31(45)23-55-34(48)13-12-32(46)41-20-5-3-4-9-33(47)42-35(37(50)51)36(49)24-7-6-8-26(21-24)43(53)54/h6-8,21-22,28-30,35-36,49,52H,3-5,9-20,23H2,1-2H3,(H,41,46)(H,42,47)(H,50,51)/t28-,29+,30+,35+,36+,38+,39+,40+/m1/s1. The Morgan fingerprint density at radius 3 is 2.44 bits per heavy atom. The highest BCUT2D eigenvalue weighted by atomic mass is 16.6. The van der Waals surface area contributed by atoms with Gasteiger partial charge >= 0.3 is 11.9 Å². The maximum atomic E-state index is 13.5. The molecular weight excluding hydrogens is 714 g/mol. The van der Waals surface area contributed by atoms with Gasteiger partial charge in [-0.15, -0.1) is 0 Å². The number of allylic oxidation sites excluding steroid dienone is 1. The number of ketones is 2. The SMILES string of the molecule is C[C@]12CCC(=O)C=C1CC[C@@H]1[C@@H]2CC[C@@]2(C)[C@H]1CC[C@]2(O)C(=O)COC(=O)CCC(=O)NCCCCCC(=O)N[C@H](C(=O)O)[C@@H](O)c1cccc([N+](=O)[O-])c1. The smallest absolute Gasteiger partial charge is 0.329 e. The number of fused-ring (bicyclic) bond motifs is 5. The molecule has 5 N–H and O–H groups in total. The van der Waals surface area contributed by atoms with Gasteiger partial charge in [0, 0.05) is 43.4 Å². The number of carbonyl (C=O) groups is 6. The monoisotopic (exact) mass is 767 g/mol. The third-order valence-electron chi connectivity index (χ3n) is 13.2. The van der Waals surface area contributed by atoms with Crippen molar-refractivity contribution < 1.29 is 53.7 Å². The average molecular weight is 768 g/mol. The normalized spacial score (nSPS) is 29.3. The molecule has 300 valence electrons. The van der Waals surface area contributed by atoms with Crippen molar-refractivity contribution in [3.8, 4) is 0 Å². The molecule has 4 aliphatic carbocycles. The van der Waals surface area contributed by atoms with Crippen LogP contribution in [0.4, 0.5) is 5.69 Å². The Bertz CT molecular complexity index is 1730. The van der Waals surface area contributed by atoms with Crippen LogP contribution in [0.2, 0.25) is 0 Å². The zero-order valence-electron chi connectivity index (χ0n) is 31.6. The summed E-state index contributed by atoms with van der Waals surface area (Å²) < 4.78 is 5.25. The van der Waals surface area contributed by atoms with Crippen LogP contribution in [0.3, 0.4) is 0 Å². The highest BCUT2D eigenvalue weighted by molar-refractivity contribution is 5.92. The fourth-order valence-corrected chi connectivity index (χ4v) is 10.0. The van der Waals surface area contributed by atoms with Crippen LogP contribution in [0, 0.1) is 38.7 Å². The number of hydrogen-bond acceptors (Lipinski definition) is 11. The average Bonchev–Trinajstić information content (AvgIpc) is 3.44. The van der Waals surface area contributed by atoms with Gasteiger partial charge in [0.25, 0.3) is 5.69 Å². The molecule has 0 spiro atoms. The quantitative estimate of drug-likeness (QED) is 0.0654. The van der Waals surface area contributed by atoms with Crippen molar-refractivity contribution in [2.75, 3.05) is 13.2 Å². The molecule has 0 radical (unpaired) electrons. The Morgan fingerprint density at radius 1 is 0.964 bits per heavy atom. The van der Waals surface area contributed by atoms with E-state index in [4.69, 9.17) is 4.74 Å². The molecule has 1 aromatic carbocycles. The van der Waals surface area contributed by atoms with Gasteiger partial charge in [-0.2, -0.15) is 0 Å². The van der Waals surface area contributed by atoms with Gasteiger partial charge in [-0.25, -0.2) is 4.79 Å². The molecule has 15 heteroatoms. The topological polar surface area (TPSA) is 240 Å². The zero-order chi connectivity index (χ0) is 40.1. The van der Waals surface area contributed by atoms with Gasteiger partial charge in [0.1, 0.15) is 11.7 Å². The highest BCUT2D eigenvalue weighted by Crippen LogP contribution is 2.67. The van der Waals surface area contributed by atoms with Crippen LogP contribution >= 0.6 is 0 Å². The first-order valence-corrected chi connectivity index (χ1v) is 19.4. The second kappa shape index (κ2) is 17.1. The summed E-state index contributed by atoms with van der Waals surface area (Å²) in [4.78, 5) is 84.9. The number of aliphatic carboxylic acids is 1. The van der Waals surface area contributed by atoms with Crippen LogP contribution in [0.25, 0.3) is 0 Å². The second-order valence-electron chi connectivity index (χ2n) is 16.2. The molecule has 55 heavy (non-hydrogen) atoms. The summed E-state index contributed by atoms with van der Waals surface area (Å²) in [5.41, 5.74) is -1.37. The predicted molar refractivity (Wildman–Crippen MR) is 196 cm³/mol. The van der Waals surface area contributed by atoms with Crippen LogP contribution in [0.15, 0.2) is 35.9 Å². The minimum atomic E-state index is -1.72. The lowest BCUT2D eigenvalue weighted by molar-refractivity contribution is -0.385. The summed E-state index contributed by atoms with van der Waals surface area (Å²) in [6.07, 6.45) is 6.83. The van der Waals surface area contributed by atoms with E-state index in [1.54, 1.807) is 0 Å². The first-order chi connectivity index (χ1) is 26.0. The number of aliphatic hydroxyl groups excluding tert-OH is 1. The first kappa shape index (κ1) is 41.7. The summed E-state index contributed by atoms with van der Waals surface area (Å²) in [5, 5.41) is 47.8. The largest absolute Gasteiger partial charge is 0.480 e. The summed E-state index contributed by atoms with van der Waals surface area (Å²) in [5.74, 6) is -2.65. The Balaban J connectivity index is 0.974. The maximum absolute atomic E-state index is 13.5. The number of unbranched alkanes of at least 4 members (excludes halogenated alkanes) is 2. The third-order valence-corrected chi connectivity index (χ3v) is 13.2. The lowest BCUT2D eigenvalue weighted by atomic mass is 9.46. The fourth-order valence-electron chi connectivity index (χ4n) is 10.0. The van der Waals surface area contributed by atoms with Crippen molar-refractivity contribution in [2.45, 2.75) is 121 Å². The maximum Gasteiger partial charge on any atom is 0.329 e. The van der Waals surface area contributed by atoms with Crippen molar-refractivity contribution in [1.29, 1.82) is 0 Å². The number of carboxylic acids is 1. The molecule has 0 aromatic heterocycles. The number of esters is 1. The van der Waals surface area contributed by atoms with E-state index in [1.807, 2.05) is 13.0 Å². The van der Waals surface area contributed by atoms with Gasteiger partial charge in [0.05, 0.1) is 11.3 Å². The number of benzene rings is 1. The molecule has 0 saturated heterocycles. The summed E-state index contributed by atoms with van der Waals surface area (Å²) in [6.45, 7) is 3.99. The van der Waals surface area contributed by atoms with Gasteiger partial charge in [0.15, 0.2) is 18.4 Å². The fraction of sp³-hybridized carbons (Fsp3) is 0.650. The lowest BCUT2D eigenvalue weighted by Crippen LogP contribution is -2.58. The molecule has 8 atom stereocenters. The number of nitrogens with one attached hydrogen (secondary N) is 2. The van der Waals surface area contributed by atoms with Crippen molar-refractivity contribution in [3.63, 3.8) is 0 Å². The zero-order valence-corrected chi connectivity index (χ0v) is 31.6. The number of ether oxygens (including phenoxy) is 1. The number of amides is 2. The van der Waals surface area contributed by atoms with Crippen LogP contribution in [-0.2, 0) is 33.5 Å². The minimum Gasteiger partial charge on any atom is -0.480 e. The van der Waals surface area contributed by atoms with Gasteiger partial charge < -0.3 is 30.7 Å². The summed E-state index contributed by atoms with van der Waals surface area (Å²) in [6, 6.07) is 3.14. The lowest BCUT2D eigenvalue weighted by Gasteiger charge is -2.58. The molecule has 0 heterocycles. The van der Waals surface area contributed by atoms with Crippen molar-refractivity contribution in [1.82, 2.24) is 10.6 Å². The van der Waals surface area contributed by atoms with Crippen LogP contribution in [-0.4, -0.2) is 80.4 Å². The number of nitro groups is 1. The van der Waals surface area contributed by atoms with E-state index in [0.717, 1.165) is 38.2 Å². The molecule has 0 aliphatic heterocycles. The predicted octanol–water partition coefficient (Wildman–Crippen LogP) is 4.03. The molecule has 5 rings (SSSR count). The van der Waals surface area contributed by atoms with Gasteiger partial charge in [-0.3, -0.25) is 34.1 Å². The number of carbonyl (C=O) groups excluding carboxylic acids is 5. The molecule has 2 amide bonds. The van der Waals surface area contributed by atoms with Gasteiger partial charge in [0.2, 0.25) is 17.6 Å². The summed E-state index contributed by atoms with van der Waals surface area (Å²) >= 11 is 0. The molecule has 15 nitrogen and oxygen atoms in total. The minimum absolute atomic E-state index is 0.0223. The Morgan fingerprint density at radius 2 is 1.71 bits per heavy atom. The molecular formula is C40H53N3O12. The van der Waals surface area contributed by atoms with Crippen molar-refractivity contribution in [2.24, 2.45) is 28.6 Å². The number of rotatable bonds is 17. The number of nitrogens with zero attached hydrogens (tertiary/aromatic N) is 1. The van der Waals surface area contributed by atoms with Crippen LogP contribution < -0.4 is 10.6 Å². The van der Waals surface area contributed by atoms with E-state index in [0.29, 0.717) is 50.4 Å². The number of aliphatic hydroxyl groups is 2. The molecule has 0 bridgehead atoms. The molecule has 4 aliphatic rings. The Hall–Kier alpha value is -4.50. The number of nitro benzene ring substituents is 1. The molecule has 0 unspecified atom stereocenters. The van der Waals surface area contributed by atoms with E-state index >= 15 is 0 Å². The highest BCUT2D eigenvalue weighted by Gasteiger charge is 2.66. The van der Waals surface area contributed by atoms with E-state index < -0.39 is 64.2 Å². The van der Waals surface area contributed by atoms with E-state index in [1.165, 1.54) is 23.8 Å². The first-order valence-electron chi connectivity index (χ1n) is 19.4. The molecule has 1 aromatic rings.